The summed E-state index contributed by atoms with van der Waals surface area (Å²) in [6.45, 7) is 0.0805. The third kappa shape index (κ3) is 4.14. The van der Waals surface area contributed by atoms with Gasteiger partial charge in [-0.25, -0.2) is 4.39 Å². The molecule has 0 unspecified atom stereocenters. The Kier molecular flexibility index (Phi) is 5.12. The molecule has 1 N–H and O–H groups in total. The number of hydrogen-bond acceptors (Lipinski definition) is 5. The number of halogens is 1. The summed E-state index contributed by atoms with van der Waals surface area (Å²) in [5, 5.41) is 11.8. The van der Waals surface area contributed by atoms with Crippen molar-refractivity contribution in [3.63, 3.8) is 0 Å². The van der Waals surface area contributed by atoms with Crippen LogP contribution in [-0.4, -0.2) is 22.7 Å². The Morgan fingerprint density at radius 2 is 1.83 bits per heavy atom. The maximum absolute atomic E-state index is 13.4. The van der Waals surface area contributed by atoms with Gasteiger partial charge in [0.1, 0.15) is 5.01 Å². The minimum absolute atomic E-state index is 0.0805. The predicted octanol–water partition coefficient (Wildman–Crippen LogP) is 3.75. The van der Waals surface area contributed by atoms with Gasteiger partial charge in [0.15, 0.2) is 11.6 Å². The van der Waals surface area contributed by atoms with Crippen LogP contribution < -0.4 is 10.1 Å². The Hall–Kier alpha value is -2.80. The van der Waals surface area contributed by atoms with Crippen molar-refractivity contribution in [2.24, 2.45) is 0 Å². The Bertz CT molecular complexity index is 823. The van der Waals surface area contributed by atoms with Gasteiger partial charge in [0, 0.05) is 5.56 Å². The zero-order valence-electron chi connectivity index (χ0n) is 12.6. The fourth-order valence-corrected chi connectivity index (χ4v) is 2.73. The molecule has 0 bridgehead atoms. The van der Waals surface area contributed by atoms with Gasteiger partial charge in [-0.3, -0.25) is 4.79 Å². The van der Waals surface area contributed by atoms with Crippen LogP contribution in [0.25, 0.3) is 10.6 Å². The third-order valence-electron chi connectivity index (χ3n) is 3.12. The lowest BCUT2D eigenvalue weighted by atomic mass is 10.2. The fraction of sp³-hybridized carbons (Fsp3) is 0.118. The number of anilines is 1. The maximum Gasteiger partial charge on any atom is 0.229 e. The average molecular weight is 343 g/mol. The van der Waals surface area contributed by atoms with E-state index in [1.165, 1.54) is 23.5 Å². The lowest BCUT2D eigenvalue weighted by molar-refractivity contribution is -0.116. The molecule has 0 aliphatic carbocycles. The van der Waals surface area contributed by atoms with Crippen LogP contribution in [-0.2, 0) is 4.79 Å². The lowest BCUT2D eigenvalue weighted by Crippen LogP contribution is -2.15. The first-order valence-corrected chi connectivity index (χ1v) is 8.10. The van der Waals surface area contributed by atoms with Crippen molar-refractivity contribution in [2.45, 2.75) is 6.42 Å². The summed E-state index contributed by atoms with van der Waals surface area (Å²) in [6, 6.07) is 15.7. The highest BCUT2D eigenvalue weighted by molar-refractivity contribution is 7.18. The summed E-state index contributed by atoms with van der Waals surface area (Å²) in [7, 11) is 0. The van der Waals surface area contributed by atoms with Gasteiger partial charge in [-0.15, -0.1) is 10.2 Å². The second kappa shape index (κ2) is 7.65. The minimum atomic E-state index is -0.450. The van der Waals surface area contributed by atoms with E-state index < -0.39 is 5.82 Å². The number of nitrogens with one attached hydrogen (secondary N) is 1. The zero-order chi connectivity index (χ0) is 16.8. The Labute approximate surface area is 142 Å². The molecule has 1 heterocycles. The monoisotopic (exact) mass is 343 g/mol. The molecule has 3 rings (SSSR count). The van der Waals surface area contributed by atoms with Gasteiger partial charge in [0.25, 0.3) is 0 Å². The molecule has 0 spiro atoms. The molecule has 7 heteroatoms. The SMILES string of the molecule is O=C(CCOc1ccccc1F)Nc1nnc(-c2ccccc2)s1. The van der Waals surface area contributed by atoms with E-state index >= 15 is 0 Å². The summed E-state index contributed by atoms with van der Waals surface area (Å²) < 4.78 is 18.6. The van der Waals surface area contributed by atoms with Gasteiger partial charge in [-0.1, -0.05) is 53.8 Å². The van der Waals surface area contributed by atoms with E-state index in [4.69, 9.17) is 4.74 Å². The number of hydrogen-bond donors (Lipinski definition) is 1. The molecule has 122 valence electrons. The van der Waals surface area contributed by atoms with E-state index in [0.29, 0.717) is 5.13 Å². The summed E-state index contributed by atoms with van der Waals surface area (Å²) in [4.78, 5) is 11.9. The van der Waals surface area contributed by atoms with Crippen LogP contribution in [0.1, 0.15) is 6.42 Å². The number of aromatic nitrogens is 2. The molecule has 1 amide bonds. The van der Waals surface area contributed by atoms with Crippen LogP contribution in [0.15, 0.2) is 54.6 Å². The Morgan fingerprint density at radius 3 is 2.62 bits per heavy atom. The second-order valence-electron chi connectivity index (χ2n) is 4.86. The summed E-state index contributed by atoms with van der Waals surface area (Å²) in [5.41, 5.74) is 0.943. The number of rotatable bonds is 6. The van der Waals surface area contributed by atoms with Gasteiger partial charge in [-0.05, 0) is 12.1 Å². The van der Waals surface area contributed by atoms with Crippen molar-refractivity contribution in [2.75, 3.05) is 11.9 Å². The van der Waals surface area contributed by atoms with Crippen molar-refractivity contribution in [3.8, 4) is 16.3 Å². The van der Waals surface area contributed by atoms with Crippen LogP contribution in [0.4, 0.5) is 9.52 Å². The number of carbonyl (C=O) groups excluding carboxylic acids is 1. The first-order valence-electron chi connectivity index (χ1n) is 7.28. The molecule has 0 radical (unpaired) electrons. The van der Waals surface area contributed by atoms with Gasteiger partial charge in [0.05, 0.1) is 13.0 Å². The van der Waals surface area contributed by atoms with Gasteiger partial charge in [0.2, 0.25) is 11.0 Å². The fourth-order valence-electron chi connectivity index (χ4n) is 1.97. The Morgan fingerprint density at radius 1 is 1.08 bits per heavy atom. The number of benzene rings is 2. The highest BCUT2D eigenvalue weighted by Crippen LogP contribution is 2.25. The molecule has 0 aliphatic heterocycles. The molecule has 0 aliphatic rings. The summed E-state index contributed by atoms with van der Waals surface area (Å²) in [5.74, 6) is -0.579. The first kappa shape index (κ1) is 16.1. The smallest absolute Gasteiger partial charge is 0.229 e. The topological polar surface area (TPSA) is 64.1 Å². The second-order valence-corrected chi connectivity index (χ2v) is 5.83. The van der Waals surface area contributed by atoms with Gasteiger partial charge < -0.3 is 10.1 Å². The van der Waals surface area contributed by atoms with E-state index in [9.17, 15) is 9.18 Å². The summed E-state index contributed by atoms with van der Waals surface area (Å²) in [6.07, 6.45) is 0.0918. The summed E-state index contributed by atoms with van der Waals surface area (Å²) >= 11 is 1.29. The van der Waals surface area contributed by atoms with Crippen LogP contribution >= 0.6 is 11.3 Å². The van der Waals surface area contributed by atoms with Crippen molar-refractivity contribution in [3.05, 3.63) is 60.4 Å². The normalized spacial score (nSPS) is 10.4. The van der Waals surface area contributed by atoms with Crippen LogP contribution in [0.3, 0.4) is 0 Å². The standard InChI is InChI=1S/C17H14FN3O2S/c18-13-8-4-5-9-14(13)23-11-10-15(22)19-17-21-20-16(24-17)12-6-2-1-3-7-12/h1-9H,10-11H2,(H,19,21,22). The molecule has 1 aromatic heterocycles. The molecule has 0 saturated heterocycles. The minimum Gasteiger partial charge on any atom is -0.490 e. The van der Waals surface area contributed by atoms with Crippen molar-refractivity contribution in [1.82, 2.24) is 10.2 Å². The van der Waals surface area contributed by atoms with E-state index in [1.54, 1.807) is 12.1 Å². The molecule has 3 aromatic rings. The van der Waals surface area contributed by atoms with Crippen LogP contribution in [0.2, 0.25) is 0 Å². The van der Waals surface area contributed by atoms with Crippen LogP contribution in [0, 0.1) is 5.82 Å². The number of nitrogens with zero attached hydrogens (tertiary/aromatic N) is 2. The van der Waals surface area contributed by atoms with Gasteiger partial charge in [-0.2, -0.15) is 0 Å². The van der Waals surface area contributed by atoms with Crippen molar-refractivity contribution in [1.29, 1.82) is 0 Å². The largest absolute Gasteiger partial charge is 0.490 e. The predicted molar refractivity (Wildman–Crippen MR) is 90.5 cm³/mol. The molecule has 0 saturated carbocycles. The molecule has 5 nitrogen and oxygen atoms in total. The molecular formula is C17H14FN3O2S. The van der Waals surface area contributed by atoms with Crippen molar-refractivity contribution < 1.29 is 13.9 Å². The van der Waals surface area contributed by atoms with E-state index in [-0.39, 0.29) is 24.7 Å². The molecule has 0 fully saturated rings. The van der Waals surface area contributed by atoms with Crippen LogP contribution in [0.5, 0.6) is 5.75 Å². The number of ether oxygens (including phenoxy) is 1. The average Bonchev–Trinajstić information content (AvgIpc) is 3.06. The molecule has 24 heavy (non-hydrogen) atoms. The molecule has 2 aromatic carbocycles. The van der Waals surface area contributed by atoms with Gasteiger partial charge >= 0.3 is 0 Å². The number of para-hydroxylation sites is 1. The lowest BCUT2D eigenvalue weighted by Gasteiger charge is -2.06. The first-order chi connectivity index (χ1) is 11.7. The zero-order valence-corrected chi connectivity index (χ0v) is 13.4. The number of amides is 1. The third-order valence-corrected chi connectivity index (χ3v) is 4.00. The highest BCUT2D eigenvalue weighted by atomic mass is 32.1. The maximum atomic E-state index is 13.4. The van der Waals surface area contributed by atoms with E-state index in [1.807, 2.05) is 30.3 Å². The van der Waals surface area contributed by atoms with Crippen molar-refractivity contribution >= 4 is 22.4 Å². The number of carbonyl (C=O) groups is 1. The Balaban J connectivity index is 1.51. The van der Waals surface area contributed by atoms with E-state index in [0.717, 1.165) is 10.6 Å². The molecular weight excluding hydrogens is 329 g/mol. The highest BCUT2D eigenvalue weighted by Gasteiger charge is 2.10. The van der Waals surface area contributed by atoms with E-state index in [2.05, 4.69) is 15.5 Å². The quantitative estimate of drug-likeness (QED) is 0.740. The molecule has 0 atom stereocenters.